The Morgan fingerprint density at radius 3 is 2.57 bits per heavy atom. The molecule has 4 heteroatoms. The van der Waals surface area contributed by atoms with Crippen LogP contribution in [0, 0.1) is 0 Å². The molecule has 0 heterocycles. The highest BCUT2D eigenvalue weighted by Gasteiger charge is 1.92. The molecular formula is C3H5NO3. The highest BCUT2D eigenvalue weighted by atomic mass is 16.7. The first-order valence-electron chi connectivity index (χ1n) is 1.64. The van der Waals surface area contributed by atoms with Crippen molar-refractivity contribution in [2.24, 2.45) is 0 Å². The Kier molecular flexibility index (Phi) is 2.87. The van der Waals surface area contributed by atoms with Crippen molar-refractivity contribution in [2.75, 3.05) is 7.05 Å². The number of hydroxylamine groups is 1. The number of hydrogen-bond donors (Lipinski definition) is 1. The number of carbonyl (C=O) groups is 2. The molecule has 0 aromatic carbocycles. The van der Waals surface area contributed by atoms with Gasteiger partial charge in [0.2, 0.25) is 6.29 Å². The van der Waals surface area contributed by atoms with Gasteiger partial charge in [0, 0.05) is 7.05 Å². The van der Waals surface area contributed by atoms with Crippen LogP contribution < -0.4 is 5.48 Å². The van der Waals surface area contributed by atoms with Gasteiger partial charge in [-0.25, -0.2) is 4.79 Å². The molecule has 1 N–H and O–H groups in total. The molecule has 0 amide bonds. The molecule has 7 heavy (non-hydrogen) atoms. The van der Waals surface area contributed by atoms with Crippen LogP contribution in [0.4, 0.5) is 0 Å². The Morgan fingerprint density at radius 1 is 1.86 bits per heavy atom. The summed E-state index contributed by atoms with van der Waals surface area (Å²) in [5, 5.41) is 0. The molecular weight excluding hydrogens is 98.0 g/mol. The number of rotatable bonds is 2. The number of hydrogen-bond acceptors (Lipinski definition) is 4. The number of carbonyl (C=O) groups excluding carboxylic acids is 2. The van der Waals surface area contributed by atoms with Gasteiger partial charge in [-0.1, -0.05) is 0 Å². The van der Waals surface area contributed by atoms with Crippen LogP contribution in [-0.4, -0.2) is 19.3 Å². The summed E-state index contributed by atoms with van der Waals surface area (Å²) in [5.41, 5.74) is 2.04. The summed E-state index contributed by atoms with van der Waals surface area (Å²) in [5.74, 6) is -0.914. The fraction of sp³-hybridized carbons (Fsp3) is 0.333. The Balaban J connectivity index is 3.17. The minimum absolute atomic E-state index is 0.0799. The Morgan fingerprint density at radius 2 is 2.43 bits per heavy atom. The van der Waals surface area contributed by atoms with Gasteiger partial charge in [-0.3, -0.25) is 4.79 Å². The van der Waals surface area contributed by atoms with Gasteiger partial charge in [0.1, 0.15) is 0 Å². The standard InChI is InChI=1S/C3H5NO3/c1-4-7-3(6)2-5/h2,4H,1H3. The number of nitrogens with one attached hydrogen (secondary N) is 1. The normalized spacial score (nSPS) is 7.57. The third kappa shape index (κ3) is 2.92. The van der Waals surface area contributed by atoms with Crippen LogP contribution in [-0.2, 0) is 14.4 Å². The predicted octanol–water partition coefficient (Wildman–Crippen LogP) is -1.14. The zero-order chi connectivity index (χ0) is 5.70. The SMILES string of the molecule is CNOC(=O)C=O. The zero-order valence-corrected chi connectivity index (χ0v) is 3.80. The first kappa shape index (κ1) is 6.10. The fourth-order valence-corrected chi connectivity index (χ4v) is 0.125. The average molecular weight is 103 g/mol. The van der Waals surface area contributed by atoms with E-state index in [2.05, 4.69) is 4.84 Å². The van der Waals surface area contributed by atoms with Crippen LogP contribution in [0.25, 0.3) is 0 Å². The summed E-state index contributed by atoms with van der Waals surface area (Å²) in [6.07, 6.45) is 0.0799. The van der Waals surface area contributed by atoms with E-state index < -0.39 is 5.97 Å². The van der Waals surface area contributed by atoms with Crippen LogP contribution >= 0.6 is 0 Å². The third-order valence-electron chi connectivity index (χ3n) is 0.299. The second-order valence-corrected chi connectivity index (χ2v) is 0.743. The molecule has 0 bridgehead atoms. The zero-order valence-electron chi connectivity index (χ0n) is 3.80. The summed E-state index contributed by atoms with van der Waals surface area (Å²) in [6, 6.07) is 0. The van der Waals surface area contributed by atoms with E-state index in [4.69, 9.17) is 0 Å². The summed E-state index contributed by atoms with van der Waals surface area (Å²) >= 11 is 0. The lowest BCUT2D eigenvalue weighted by atomic mass is 10.8. The minimum atomic E-state index is -0.914. The lowest BCUT2D eigenvalue weighted by Gasteiger charge is -1.89. The Bertz CT molecular complexity index is 80.2. The lowest BCUT2D eigenvalue weighted by Crippen LogP contribution is -2.15. The van der Waals surface area contributed by atoms with Crippen LogP contribution in [0.5, 0.6) is 0 Å². The van der Waals surface area contributed by atoms with Crippen molar-refractivity contribution in [3.63, 3.8) is 0 Å². The van der Waals surface area contributed by atoms with E-state index in [9.17, 15) is 9.59 Å². The Labute approximate surface area is 40.4 Å². The summed E-state index contributed by atoms with van der Waals surface area (Å²) in [4.78, 5) is 23.1. The van der Waals surface area contributed by atoms with Crippen molar-refractivity contribution < 1.29 is 14.4 Å². The molecule has 40 valence electrons. The van der Waals surface area contributed by atoms with Gasteiger partial charge in [-0.2, -0.15) is 5.48 Å². The molecule has 0 atom stereocenters. The summed E-state index contributed by atoms with van der Waals surface area (Å²) in [7, 11) is 1.39. The van der Waals surface area contributed by atoms with E-state index in [1.807, 2.05) is 5.48 Å². The smallest absolute Gasteiger partial charge is 0.365 e. The van der Waals surface area contributed by atoms with E-state index in [1.54, 1.807) is 0 Å². The second-order valence-electron chi connectivity index (χ2n) is 0.743. The maximum atomic E-state index is 9.76. The van der Waals surface area contributed by atoms with E-state index in [1.165, 1.54) is 7.05 Å². The molecule has 0 aliphatic rings. The molecule has 0 rings (SSSR count). The molecule has 0 fully saturated rings. The van der Waals surface area contributed by atoms with Gasteiger partial charge in [-0.15, -0.1) is 0 Å². The van der Waals surface area contributed by atoms with Gasteiger partial charge >= 0.3 is 5.97 Å². The van der Waals surface area contributed by atoms with Gasteiger partial charge < -0.3 is 4.84 Å². The van der Waals surface area contributed by atoms with Crippen molar-refractivity contribution in [1.29, 1.82) is 0 Å². The average Bonchev–Trinajstić information content (AvgIpc) is 1.68. The first-order chi connectivity index (χ1) is 3.31. The van der Waals surface area contributed by atoms with Gasteiger partial charge in [0.15, 0.2) is 0 Å². The number of aldehydes is 1. The third-order valence-corrected chi connectivity index (χ3v) is 0.299. The molecule has 0 saturated carbocycles. The molecule has 0 saturated heterocycles. The first-order valence-corrected chi connectivity index (χ1v) is 1.64. The van der Waals surface area contributed by atoms with Crippen molar-refractivity contribution in [1.82, 2.24) is 5.48 Å². The van der Waals surface area contributed by atoms with E-state index in [0.29, 0.717) is 0 Å². The van der Waals surface area contributed by atoms with Crippen LogP contribution in [0.3, 0.4) is 0 Å². The van der Waals surface area contributed by atoms with E-state index >= 15 is 0 Å². The molecule has 0 aliphatic heterocycles. The minimum Gasteiger partial charge on any atom is -0.365 e. The second kappa shape index (κ2) is 3.30. The molecule has 0 unspecified atom stereocenters. The maximum Gasteiger partial charge on any atom is 0.389 e. The molecule has 0 aromatic heterocycles. The molecule has 0 aliphatic carbocycles. The fourth-order valence-electron chi connectivity index (χ4n) is 0.125. The highest BCUT2D eigenvalue weighted by Crippen LogP contribution is 1.58. The molecule has 0 radical (unpaired) electrons. The summed E-state index contributed by atoms with van der Waals surface area (Å²) in [6.45, 7) is 0. The quantitative estimate of drug-likeness (QED) is 0.273. The van der Waals surface area contributed by atoms with Crippen LogP contribution in [0.2, 0.25) is 0 Å². The van der Waals surface area contributed by atoms with E-state index in [0.717, 1.165) is 0 Å². The van der Waals surface area contributed by atoms with E-state index in [-0.39, 0.29) is 6.29 Å². The molecule has 4 nitrogen and oxygen atoms in total. The van der Waals surface area contributed by atoms with Crippen LogP contribution in [0.15, 0.2) is 0 Å². The van der Waals surface area contributed by atoms with Crippen molar-refractivity contribution in [3.8, 4) is 0 Å². The van der Waals surface area contributed by atoms with Gasteiger partial charge in [0.25, 0.3) is 0 Å². The topological polar surface area (TPSA) is 55.4 Å². The van der Waals surface area contributed by atoms with Crippen LogP contribution in [0.1, 0.15) is 0 Å². The highest BCUT2D eigenvalue weighted by molar-refractivity contribution is 6.20. The van der Waals surface area contributed by atoms with Crippen molar-refractivity contribution >= 4 is 12.3 Å². The predicted molar refractivity (Wildman–Crippen MR) is 21.2 cm³/mol. The molecule has 0 spiro atoms. The van der Waals surface area contributed by atoms with Gasteiger partial charge in [-0.05, 0) is 0 Å². The largest absolute Gasteiger partial charge is 0.389 e. The monoisotopic (exact) mass is 103 g/mol. The Hall–Kier alpha value is -0.900. The summed E-state index contributed by atoms with van der Waals surface area (Å²) < 4.78 is 0. The van der Waals surface area contributed by atoms with Gasteiger partial charge in [0.05, 0.1) is 0 Å². The molecule has 0 aromatic rings. The van der Waals surface area contributed by atoms with Crippen molar-refractivity contribution in [3.05, 3.63) is 0 Å². The van der Waals surface area contributed by atoms with Crippen molar-refractivity contribution in [2.45, 2.75) is 0 Å². The lowest BCUT2D eigenvalue weighted by molar-refractivity contribution is -0.153. The maximum absolute atomic E-state index is 9.76.